The predicted octanol–water partition coefficient (Wildman–Crippen LogP) is 1.31. The molecule has 3 nitrogen and oxygen atoms in total. The van der Waals surface area contributed by atoms with Gasteiger partial charge in [0.05, 0.1) is 0 Å². The zero-order valence-corrected chi connectivity index (χ0v) is 6.73. The second-order valence-electron chi connectivity index (χ2n) is 3.15. The van der Waals surface area contributed by atoms with Crippen LogP contribution in [0.1, 0.15) is 30.7 Å². The molecule has 1 aromatic rings. The summed E-state index contributed by atoms with van der Waals surface area (Å²) in [6, 6.07) is 0. The number of carbonyl (C=O) groups is 1. The van der Waals surface area contributed by atoms with Crippen LogP contribution in [-0.2, 0) is 4.79 Å². The number of aromatic nitrogens is 2. The van der Waals surface area contributed by atoms with Gasteiger partial charge in [-0.05, 0) is 17.9 Å². The van der Waals surface area contributed by atoms with Crippen LogP contribution in [0.5, 0.6) is 0 Å². The van der Waals surface area contributed by atoms with Crippen molar-refractivity contribution in [1.82, 2.24) is 9.97 Å². The third-order valence-electron chi connectivity index (χ3n) is 2.30. The zero-order chi connectivity index (χ0) is 8.39. The summed E-state index contributed by atoms with van der Waals surface area (Å²) in [6.45, 7) is 0. The molecule has 1 aliphatic carbocycles. The monoisotopic (exact) mass is 162 g/mol. The Balaban J connectivity index is 2.16. The fourth-order valence-corrected chi connectivity index (χ4v) is 1.62. The lowest BCUT2D eigenvalue weighted by molar-refractivity contribution is -0.117. The van der Waals surface area contributed by atoms with E-state index in [1.54, 1.807) is 12.4 Å². The Kier molecular flexibility index (Phi) is 1.86. The van der Waals surface area contributed by atoms with E-state index in [1.807, 2.05) is 0 Å². The third-order valence-corrected chi connectivity index (χ3v) is 2.30. The van der Waals surface area contributed by atoms with Crippen molar-refractivity contribution >= 4 is 5.78 Å². The zero-order valence-electron chi connectivity index (χ0n) is 6.73. The molecule has 0 radical (unpaired) electrons. The average Bonchev–Trinajstić information content (AvgIpc) is 2.54. The van der Waals surface area contributed by atoms with Crippen molar-refractivity contribution < 1.29 is 4.79 Å². The van der Waals surface area contributed by atoms with Gasteiger partial charge in [-0.3, -0.25) is 4.79 Å². The highest BCUT2D eigenvalue weighted by molar-refractivity contribution is 5.81. The molecule has 3 heteroatoms. The summed E-state index contributed by atoms with van der Waals surface area (Å²) in [5.74, 6) is 0.738. The van der Waals surface area contributed by atoms with Crippen molar-refractivity contribution in [2.24, 2.45) is 0 Å². The first-order valence-corrected chi connectivity index (χ1v) is 4.13. The highest BCUT2D eigenvalue weighted by atomic mass is 16.1. The number of Topliss-reactive ketones (excluding diaryl/α,β-unsaturated/α-hetero) is 1. The van der Waals surface area contributed by atoms with Crippen molar-refractivity contribution in [3.05, 3.63) is 24.3 Å². The molecule has 1 fully saturated rings. The van der Waals surface area contributed by atoms with Gasteiger partial charge in [0.15, 0.2) is 0 Å². The highest BCUT2D eigenvalue weighted by Crippen LogP contribution is 2.30. The molecule has 0 N–H and O–H groups in total. The SMILES string of the molecule is O=C1CCC(c2cncnc2)C1. The molecule has 1 unspecified atom stereocenters. The first kappa shape index (κ1) is 7.40. The molecule has 0 amide bonds. The second kappa shape index (κ2) is 3.01. The van der Waals surface area contributed by atoms with Gasteiger partial charge in [-0.15, -0.1) is 0 Å². The summed E-state index contributed by atoms with van der Waals surface area (Å²) in [6.07, 6.45) is 7.48. The molecule has 12 heavy (non-hydrogen) atoms. The number of hydrogen-bond acceptors (Lipinski definition) is 3. The van der Waals surface area contributed by atoms with E-state index >= 15 is 0 Å². The van der Waals surface area contributed by atoms with Crippen LogP contribution < -0.4 is 0 Å². The quantitative estimate of drug-likeness (QED) is 0.625. The summed E-state index contributed by atoms with van der Waals surface area (Å²) < 4.78 is 0. The lowest BCUT2D eigenvalue weighted by Crippen LogP contribution is -1.95. The van der Waals surface area contributed by atoms with E-state index in [-0.39, 0.29) is 0 Å². The van der Waals surface area contributed by atoms with E-state index in [0.29, 0.717) is 18.1 Å². The fourth-order valence-electron chi connectivity index (χ4n) is 1.62. The maximum Gasteiger partial charge on any atom is 0.133 e. The van der Waals surface area contributed by atoms with Gasteiger partial charge < -0.3 is 0 Å². The topological polar surface area (TPSA) is 42.9 Å². The molecule has 0 aromatic carbocycles. The standard InChI is InChI=1S/C9H10N2O/c12-9-2-1-7(3-9)8-4-10-6-11-5-8/h4-7H,1-3H2. The number of carbonyl (C=O) groups excluding carboxylic acids is 1. The Morgan fingerprint density at radius 1 is 1.33 bits per heavy atom. The lowest BCUT2D eigenvalue weighted by atomic mass is 10.0. The molecular weight excluding hydrogens is 152 g/mol. The molecule has 1 heterocycles. The first-order valence-electron chi connectivity index (χ1n) is 4.13. The number of ketones is 1. The smallest absolute Gasteiger partial charge is 0.133 e. The Bertz CT molecular complexity index is 284. The van der Waals surface area contributed by atoms with Gasteiger partial charge in [0.25, 0.3) is 0 Å². The van der Waals surface area contributed by atoms with Crippen LogP contribution in [0.2, 0.25) is 0 Å². The summed E-state index contributed by atoms with van der Waals surface area (Å²) in [7, 11) is 0. The molecule has 2 rings (SSSR count). The summed E-state index contributed by atoms with van der Waals surface area (Å²) in [5, 5.41) is 0. The van der Waals surface area contributed by atoms with E-state index in [1.165, 1.54) is 6.33 Å². The predicted molar refractivity (Wildman–Crippen MR) is 43.6 cm³/mol. The van der Waals surface area contributed by atoms with Gasteiger partial charge >= 0.3 is 0 Å². The lowest BCUT2D eigenvalue weighted by Gasteiger charge is -2.05. The Labute approximate surface area is 70.9 Å². The van der Waals surface area contributed by atoms with Gasteiger partial charge in [-0.1, -0.05) is 0 Å². The molecule has 0 spiro atoms. The maximum atomic E-state index is 11.0. The number of hydrogen-bond donors (Lipinski definition) is 0. The van der Waals surface area contributed by atoms with Crippen LogP contribution in [0.3, 0.4) is 0 Å². The first-order chi connectivity index (χ1) is 5.86. The van der Waals surface area contributed by atoms with Gasteiger partial charge in [-0.2, -0.15) is 0 Å². The largest absolute Gasteiger partial charge is 0.300 e. The van der Waals surface area contributed by atoms with E-state index in [2.05, 4.69) is 9.97 Å². The average molecular weight is 162 g/mol. The van der Waals surface area contributed by atoms with Crippen molar-refractivity contribution in [1.29, 1.82) is 0 Å². The normalized spacial score (nSPS) is 23.0. The Morgan fingerprint density at radius 3 is 2.67 bits per heavy atom. The van der Waals surface area contributed by atoms with Crippen LogP contribution in [0.4, 0.5) is 0 Å². The number of nitrogens with zero attached hydrogens (tertiary/aromatic N) is 2. The Morgan fingerprint density at radius 2 is 2.08 bits per heavy atom. The molecule has 1 aromatic heterocycles. The van der Waals surface area contributed by atoms with Gasteiger partial charge in [-0.25, -0.2) is 9.97 Å². The molecule has 1 atom stereocenters. The van der Waals surface area contributed by atoms with Crippen LogP contribution in [0.15, 0.2) is 18.7 Å². The molecule has 0 saturated heterocycles. The van der Waals surface area contributed by atoms with Gasteiger partial charge in [0.2, 0.25) is 0 Å². The molecule has 0 bridgehead atoms. The van der Waals surface area contributed by atoms with E-state index in [4.69, 9.17) is 0 Å². The van der Waals surface area contributed by atoms with Crippen LogP contribution in [0.25, 0.3) is 0 Å². The van der Waals surface area contributed by atoms with Crippen molar-refractivity contribution in [2.75, 3.05) is 0 Å². The summed E-state index contributed by atoms with van der Waals surface area (Å²) >= 11 is 0. The van der Waals surface area contributed by atoms with Crippen molar-refractivity contribution in [3.8, 4) is 0 Å². The fraction of sp³-hybridized carbons (Fsp3) is 0.444. The van der Waals surface area contributed by atoms with Crippen LogP contribution >= 0.6 is 0 Å². The van der Waals surface area contributed by atoms with Crippen LogP contribution in [-0.4, -0.2) is 15.8 Å². The third kappa shape index (κ3) is 1.35. The van der Waals surface area contributed by atoms with Crippen LogP contribution in [0, 0.1) is 0 Å². The van der Waals surface area contributed by atoms with Gasteiger partial charge in [0.1, 0.15) is 12.1 Å². The second-order valence-corrected chi connectivity index (χ2v) is 3.15. The van der Waals surface area contributed by atoms with Gasteiger partial charge in [0, 0.05) is 25.2 Å². The summed E-state index contributed by atoms with van der Waals surface area (Å²) in [5.41, 5.74) is 1.10. The molecule has 0 aliphatic heterocycles. The van der Waals surface area contributed by atoms with E-state index < -0.39 is 0 Å². The molecule has 1 aliphatic rings. The van der Waals surface area contributed by atoms with E-state index in [0.717, 1.165) is 18.4 Å². The maximum absolute atomic E-state index is 11.0. The minimum Gasteiger partial charge on any atom is -0.300 e. The molecule has 1 saturated carbocycles. The molecular formula is C9H10N2O. The van der Waals surface area contributed by atoms with Crippen molar-refractivity contribution in [2.45, 2.75) is 25.2 Å². The molecule has 62 valence electrons. The highest BCUT2D eigenvalue weighted by Gasteiger charge is 2.23. The minimum atomic E-state index is 0.365. The van der Waals surface area contributed by atoms with E-state index in [9.17, 15) is 4.79 Å². The summed E-state index contributed by atoms with van der Waals surface area (Å²) in [4.78, 5) is 18.8. The number of rotatable bonds is 1. The Hall–Kier alpha value is -1.25. The van der Waals surface area contributed by atoms with Crippen molar-refractivity contribution in [3.63, 3.8) is 0 Å². The minimum absolute atomic E-state index is 0.365.